The quantitative estimate of drug-likeness (QED) is 0.618. The number of hydrogen-bond donors (Lipinski definition) is 0. The molecule has 2 aliphatic rings. The first kappa shape index (κ1) is 11.2. The highest BCUT2D eigenvalue weighted by Gasteiger charge is 2.40. The van der Waals surface area contributed by atoms with Crippen molar-refractivity contribution in [3.8, 4) is 0 Å². The van der Waals surface area contributed by atoms with Gasteiger partial charge in [0.15, 0.2) is 0 Å². The van der Waals surface area contributed by atoms with Crippen molar-refractivity contribution in [1.82, 2.24) is 0 Å². The molecule has 4 heteroatoms. The van der Waals surface area contributed by atoms with Gasteiger partial charge in [-0.15, -0.1) is 0 Å². The second kappa shape index (κ2) is 4.28. The first-order chi connectivity index (χ1) is 7.09. The van der Waals surface area contributed by atoms with E-state index in [0.29, 0.717) is 12.5 Å². The molecule has 1 fully saturated rings. The zero-order valence-electron chi connectivity index (χ0n) is 9.79. The molecule has 0 aliphatic carbocycles. The minimum absolute atomic E-state index is 0.0952. The maximum absolute atomic E-state index is 5.98. The van der Waals surface area contributed by atoms with Crippen molar-refractivity contribution in [2.75, 3.05) is 19.8 Å². The Morgan fingerprint density at radius 1 is 1.47 bits per heavy atom. The van der Waals surface area contributed by atoms with Crippen molar-refractivity contribution in [2.24, 2.45) is 5.92 Å². The van der Waals surface area contributed by atoms with E-state index < -0.39 is 0 Å². The van der Waals surface area contributed by atoms with Crippen LogP contribution < -0.4 is 0 Å². The van der Waals surface area contributed by atoms with Gasteiger partial charge in [0.25, 0.3) is 0 Å². The van der Waals surface area contributed by atoms with E-state index in [0.717, 1.165) is 19.6 Å². The molecule has 0 aromatic carbocycles. The summed E-state index contributed by atoms with van der Waals surface area (Å²) >= 11 is 0. The van der Waals surface area contributed by atoms with Crippen molar-refractivity contribution in [3.63, 3.8) is 0 Å². The van der Waals surface area contributed by atoms with Crippen molar-refractivity contribution in [3.05, 3.63) is 11.5 Å². The van der Waals surface area contributed by atoms with Crippen LogP contribution in [0.2, 0.25) is 0 Å². The molecule has 3 nitrogen and oxygen atoms in total. The van der Waals surface area contributed by atoms with Crippen LogP contribution in [0.3, 0.4) is 0 Å². The molecule has 1 unspecified atom stereocenters. The van der Waals surface area contributed by atoms with Gasteiger partial charge in [0.1, 0.15) is 0 Å². The molecule has 0 aromatic heterocycles. The molecule has 0 radical (unpaired) electrons. The fraction of sp³-hybridized carbons (Fsp3) is 0.818. The highest BCUT2D eigenvalue weighted by Crippen LogP contribution is 2.30. The zero-order chi connectivity index (χ0) is 10.9. The summed E-state index contributed by atoms with van der Waals surface area (Å²) in [5, 5.41) is 0. The van der Waals surface area contributed by atoms with Crippen LogP contribution in [0.25, 0.3) is 0 Å². The summed E-state index contributed by atoms with van der Waals surface area (Å²) in [6.45, 7) is 8.67. The third kappa shape index (κ3) is 2.44. The standard InChI is InChI=1S/C11H19BO3/c1-9-8-14-12(15-11(9,2)3)10-4-6-13-7-5-10/h4,9H,5-8H2,1-3H3. The lowest BCUT2D eigenvalue weighted by atomic mass is 9.71. The Hall–Kier alpha value is -0.315. The number of rotatable bonds is 1. The van der Waals surface area contributed by atoms with E-state index >= 15 is 0 Å². The van der Waals surface area contributed by atoms with Crippen molar-refractivity contribution in [2.45, 2.75) is 32.8 Å². The molecule has 0 spiro atoms. The normalized spacial score (nSPS) is 31.3. The summed E-state index contributed by atoms with van der Waals surface area (Å²) in [6, 6.07) is 0. The fourth-order valence-electron chi connectivity index (χ4n) is 1.80. The zero-order valence-corrected chi connectivity index (χ0v) is 9.79. The SMILES string of the molecule is CC1COB(C2=CCOCC2)OC1(C)C. The number of hydrogen-bond acceptors (Lipinski definition) is 3. The Balaban J connectivity index is 2.02. The molecular weight excluding hydrogens is 191 g/mol. The van der Waals surface area contributed by atoms with Gasteiger partial charge < -0.3 is 14.0 Å². The van der Waals surface area contributed by atoms with Gasteiger partial charge in [-0.2, -0.15) is 0 Å². The predicted molar refractivity (Wildman–Crippen MR) is 59.6 cm³/mol. The minimum atomic E-state index is -0.153. The Morgan fingerprint density at radius 2 is 2.27 bits per heavy atom. The molecule has 84 valence electrons. The Bertz CT molecular complexity index is 263. The Morgan fingerprint density at radius 3 is 2.87 bits per heavy atom. The molecule has 2 rings (SSSR count). The van der Waals surface area contributed by atoms with Crippen LogP contribution in [-0.4, -0.2) is 32.5 Å². The smallest absolute Gasteiger partial charge is 0.407 e. The molecular formula is C11H19BO3. The highest BCUT2D eigenvalue weighted by atomic mass is 16.6. The monoisotopic (exact) mass is 210 g/mol. The van der Waals surface area contributed by atoms with Gasteiger partial charge in [0.2, 0.25) is 0 Å². The maximum Gasteiger partial charge on any atom is 0.489 e. The molecule has 0 bridgehead atoms. The van der Waals surface area contributed by atoms with E-state index in [9.17, 15) is 0 Å². The van der Waals surface area contributed by atoms with Crippen LogP contribution >= 0.6 is 0 Å². The first-order valence-corrected chi connectivity index (χ1v) is 5.65. The van der Waals surface area contributed by atoms with Crippen LogP contribution in [0.1, 0.15) is 27.2 Å². The van der Waals surface area contributed by atoms with Gasteiger partial charge in [0, 0.05) is 12.5 Å². The summed E-state index contributed by atoms with van der Waals surface area (Å²) in [5.41, 5.74) is 1.14. The molecule has 1 atom stereocenters. The second-order valence-corrected chi connectivity index (χ2v) is 4.89. The summed E-state index contributed by atoms with van der Waals surface area (Å²) in [4.78, 5) is 0. The third-order valence-corrected chi connectivity index (χ3v) is 3.40. The minimum Gasteiger partial charge on any atom is -0.407 e. The second-order valence-electron chi connectivity index (χ2n) is 4.89. The fourth-order valence-corrected chi connectivity index (χ4v) is 1.80. The summed E-state index contributed by atoms with van der Waals surface area (Å²) in [5.74, 6) is 0.439. The first-order valence-electron chi connectivity index (χ1n) is 5.65. The van der Waals surface area contributed by atoms with Crippen molar-refractivity contribution < 1.29 is 14.0 Å². The molecule has 2 aliphatic heterocycles. The van der Waals surface area contributed by atoms with E-state index in [1.54, 1.807) is 0 Å². The number of ether oxygens (including phenoxy) is 1. The van der Waals surface area contributed by atoms with Gasteiger partial charge in [-0.25, -0.2) is 0 Å². The molecule has 0 N–H and O–H groups in total. The van der Waals surface area contributed by atoms with Crippen LogP contribution in [0.15, 0.2) is 11.5 Å². The summed E-state index contributed by atoms with van der Waals surface area (Å²) in [6.07, 6.45) is 3.01. The lowest BCUT2D eigenvalue weighted by Gasteiger charge is -2.40. The molecule has 0 amide bonds. The molecule has 2 heterocycles. The van der Waals surface area contributed by atoms with Gasteiger partial charge in [-0.3, -0.25) is 0 Å². The summed E-state index contributed by atoms with van der Waals surface area (Å²) in [7, 11) is -0.153. The molecule has 0 aromatic rings. The summed E-state index contributed by atoms with van der Waals surface area (Å²) < 4.78 is 17.0. The van der Waals surface area contributed by atoms with E-state index in [1.807, 2.05) is 0 Å². The van der Waals surface area contributed by atoms with E-state index in [4.69, 9.17) is 14.0 Å². The van der Waals surface area contributed by atoms with Crippen LogP contribution in [0, 0.1) is 5.92 Å². The average molecular weight is 210 g/mol. The highest BCUT2D eigenvalue weighted by molar-refractivity contribution is 6.54. The van der Waals surface area contributed by atoms with Crippen molar-refractivity contribution >= 4 is 7.12 Å². The van der Waals surface area contributed by atoms with E-state index in [-0.39, 0.29) is 12.7 Å². The molecule has 15 heavy (non-hydrogen) atoms. The van der Waals surface area contributed by atoms with Crippen LogP contribution in [-0.2, 0) is 14.0 Å². The third-order valence-electron chi connectivity index (χ3n) is 3.40. The van der Waals surface area contributed by atoms with E-state index in [1.165, 1.54) is 5.47 Å². The topological polar surface area (TPSA) is 27.7 Å². The van der Waals surface area contributed by atoms with Crippen molar-refractivity contribution in [1.29, 1.82) is 0 Å². The van der Waals surface area contributed by atoms with E-state index in [2.05, 4.69) is 26.8 Å². The van der Waals surface area contributed by atoms with Gasteiger partial charge in [-0.1, -0.05) is 13.0 Å². The lowest BCUT2D eigenvalue weighted by molar-refractivity contribution is -0.0394. The van der Waals surface area contributed by atoms with Crippen LogP contribution in [0.4, 0.5) is 0 Å². The van der Waals surface area contributed by atoms with Gasteiger partial charge >= 0.3 is 7.12 Å². The molecule has 1 saturated heterocycles. The van der Waals surface area contributed by atoms with Crippen LogP contribution in [0.5, 0.6) is 0 Å². The Kier molecular flexibility index (Phi) is 3.19. The van der Waals surface area contributed by atoms with Gasteiger partial charge in [0.05, 0.1) is 18.8 Å². The maximum atomic E-state index is 5.98. The predicted octanol–water partition coefficient (Wildman–Crippen LogP) is 1.82. The lowest BCUT2D eigenvalue weighted by Crippen LogP contribution is -2.49. The Labute approximate surface area is 91.9 Å². The molecule has 0 saturated carbocycles. The average Bonchev–Trinajstić information content (AvgIpc) is 2.23. The largest absolute Gasteiger partial charge is 0.489 e. The van der Waals surface area contributed by atoms with Gasteiger partial charge in [-0.05, 0) is 25.7 Å².